The van der Waals surface area contributed by atoms with Crippen LogP contribution in [0.15, 0.2) is 157 Å². The minimum atomic E-state index is -0.104. The molecule has 0 bridgehead atoms. The van der Waals surface area contributed by atoms with Gasteiger partial charge in [0.25, 0.3) is 11.4 Å². The van der Waals surface area contributed by atoms with E-state index in [4.69, 9.17) is 13.1 Å². The third kappa shape index (κ3) is 16.2. The van der Waals surface area contributed by atoms with E-state index in [0.29, 0.717) is 17.8 Å². The normalized spacial score (nSPS) is 17.8. The maximum Gasteiger partial charge on any atom is 0.262 e. The predicted octanol–water partition coefficient (Wildman–Crippen LogP) is 21.1. The average Bonchev–Trinajstić information content (AvgIpc) is 0.812. The summed E-state index contributed by atoms with van der Waals surface area (Å²) < 4.78 is 2.56. The van der Waals surface area contributed by atoms with Gasteiger partial charge in [-0.1, -0.05) is 178 Å². The van der Waals surface area contributed by atoms with E-state index in [1.165, 1.54) is 119 Å². The van der Waals surface area contributed by atoms with Gasteiger partial charge in [0.2, 0.25) is 0 Å². The van der Waals surface area contributed by atoms with Crippen LogP contribution in [0.25, 0.3) is 33.0 Å². The maximum atomic E-state index is 9.62. The Kier molecular flexibility index (Phi) is 22.9. The zero-order chi connectivity index (χ0) is 63.8. The van der Waals surface area contributed by atoms with Gasteiger partial charge < -0.3 is 9.80 Å². The van der Waals surface area contributed by atoms with E-state index >= 15 is 0 Å². The average molecular weight is 1180 g/mol. The summed E-state index contributed by atoms with van der Waals surface area (Å²) >= 11 is 0. The molecule has 0 amide bonds. The third-order valence-electron chi connectivity index (χ3n) is 19.0. The lowest BCUT2D eigenvalue weighted by Crippen LogP contribution is -2.47. The molecule has 0 spiro atoms. The largest absolute Gasteiger partial charge is 0.372 e. The summed E-state index contributed by atoms with van der Waals surface area (Å²) in [6.45, 7) is 47.5. The van der Waals surface area contributed by atoms with Crippen LogP contribution < -0.4 is 9.80 Å². The fraction of sp³-hybridized carbons (Fsp3) is 0.402. The first-order chi connectivity index (χ1) is 42.9. The Bertz CT molecular complexity index is 3700. The number of nitrogens with zero attached hydrogens (tertiary/aromatic N) is 7. The van der Waals surface area contributed by atoms with Gasteiger partial charge in [0.1, 0.15) is 13.1 Å². The summed E-state index contributed by atoms with van der Waals surface area (Å²) in [5.74, 6) is 0.974. The first-order valence-electron chi connectivity index (χ1n) is 33.1. The van der Waals surface area contributed by atoms with E-state index in [2.05, 4.69) is 259 Å². The summed E-state index contributed by atoms with van der Waals surface area (Å²) in [7, 11) is 0. The number of benzene rings is 5. The Morgan fingerprint density at radius 2 is 1.16 bits per heavy atom. The lowest BCUT2D eigenvalue weighted by molar-refractivity contribution is -0.527. The number of anilines is 2. The number of rotatable bonds is 24. The van der Waals surface area contributed by atoms with Gasteiger partial charge in [-0.3, -0.25) is 0 Å². The van der Waals surface area contributed by atoms with Crippen LogP contribution in [-0.2, 0) is 13.0 Å². The molecule has 0 N–H and O–H groups in total. The second kappa shape index (κ2) is 30.6. The van der Waals surface area contributed by atoms with E-state index in [1.54, 1.807) is 12.2 Å². The highest BCUT2D eigenvalue weighted by atomic mass is 15.2. The zero-order valence-corrected chi connectivity index (χ0v) is 55.6. The summed E-state index contributed by atoms with van der Waals surface area (Å²) in [4.78, 5) is 12.1. The molecule has 1 heterocycles. The molecule has 0 aromatic heterocycles. The fourth-order valence-corrected chi connectivity index (χ4v) is 13.9. The summed E-state index contributed by atoms with van der Waals surface area (Å²) in [6.07, 6.45) is 32.0. The molecule has 5 aromatic carbocycles. The number of fused-ring (bicyclic) bond motifs is 2. The molecule has 8 rings (SSSR count). The van der Waals surface area contributed by atoms with Crippen LogP contribution in [0.5, 0.6) is 0 Å². The molecule has 5 aromatic rings. The Morgan fingerprint density at radius 1 is 0.640 bits per heavy atom. The van der Waals surface area contributed by atoms with Crippen LogP contribution in [0.2, 0.25) is 0 Å². The second-order valence-electron chi connectivity index (χ2n) is 26.7. The summed E-state index contributed by atoms with van der Waals surface area (Å²) in [6, 6.07) is 41.1. The molecular weight excluding hydrogens is 1080 g/mol. The molecule has 0 saturated carbocycles. The van der Waals surface area contributed by atoms with Crippen LogP contribution in [-0.4, -0.2) is 42.0 Å². The molecule has 0 saturated heterocycles. The van der Waals surface area contributed by atoms with Crippen LogP contribution in [0.3, 0.4) is 0 Å². The van der Waals surface area contributed by atoms with Gasteiger partial charge in [0, 0.05) is 61.5 Å². The van der Waals surface area contributed by atoms with E-state index in [-0.39, 0.29) is 22.3 Å². The highest BCUT2D eigenvalue weighted by Gasteiger charge is 2.40. The van der Waals surface area contributed by atoms with Crippen LogP contribution in [0, 0.1) is 55.1 Å². The number of hydrogen-bond acceptors (Lipinski definition) is 4. The molecule has 2 aliphatic carbocycles. The van der Waals surface area contributed by atoms with Gasteiger partial charge in [0.05, 0.1) is 25.3 Å². The van der Waals surface area contributed by atoms with Gasteiger partial charge in [-0.2, -0.15) is 0 Å². The Labute approximate surface area is 535 Å². The lowest BCUT2D eigenvalue weighted by atomic mass is 9.61. The summed E-state index contributed by atoms with van der Waals surface area (Å²) in [5, 5.41) is 19.2. The molecule has 3 unspecified atom stereocenters. The Balaban J connectivity index is 1.19. The molecular formula is C82H96N7+. The highest BCUT2D eigenvalue weighted by Crippen LogP contribution is 2.52. The molecule has 0 radical (unpaired) electrons. The first-order valence-corrected chi connectivity index (χ1v) is 33.1. The smallest absolute Gasteiger partial charge is 0.262 e. The van der Waals surface area contributed by atoms with Crippen molar-refractivity contribution in [3.63, 3.8) is 0 Å². The fourth-order valence-electron chi connectivity index (χ4n) is 13.9. The monoisotopic (exact) mass is 1180 g/mol. The van der Waals surface area contributed by atoms with Gasteiger partial charge >= 0.3 is 0 Å². The van der Waals surface area contributed by atoms with Crippen molar-refractivity contribution in [2.75, 3.05) is 36.0 Å². The topological polar surface area (TPSA) is 65.8 Å². The highest BCUT2D eigenvalue weighted by molar-refractivity contribution is 6.03. The van der Waals surface area contributed by atoms with Crippen molar-refractivity contribution in [2.24, 2.45) is 5.41 Å². The van der Waals surface area contributed by atoms with Gasteiger partial charge in [-0.15, -0.1) is 0 Å². The van der Waals surface area contributed by atoms with Crippen LogP contribution in [0.1, 0.15) is 218 Å². The van der Waals surface area contributed by atoms with Crippen molar-refractivity contribution in [1.29, 1.82) is 10.5 Å². The predicted molar refractivity (Wildman–Crippen MR) is 377 cm³/mol. The SMILES string of the molecule is [C-]#[N+]/C(C#N)=C\c1cc2c(cc1C)C(Cc1ccc(C(/C=C/C=C(/c3ccc(CN4c5cc(C)c(/C=C(\C#N)[N+]#[C-])cc5C(C)CC4(C)C)cc3)c3ccc(N(CCCC)CCCC)cc3)=C3C=CC(=[N+](CCCC)CCCC)C=C3)cc1)C(C)(C)CC2C. The Hall–Kier alpha value is -8.49. The van der Waals surface area contributed by atoms with Gasteiger partial charge in [-0.05, 0) is 209 Å². The van der Waals surface area contributed by atoms with Crippen molar-refractivity contribution >= 4 is 40.4 Å². The van der Waals surface area contributed by atoms with Crippen molar-refractivity contribution < 1.29 is 4.58 Å². The Morgan fingerprint density at radius 3 is 1.71 bits per heavy atom. The first kappa shape index (κ1) is 66.5. The summed E-state index contributed by atoms with van der Waals surface area (Å²) in [5.41, 5.74) is 21.5. The quantitative estimate of drug-likeness (QED) is 0.0267. The second-order valence-corrected chi connectivity index (χ2v) is 26.7. The molecule has 89 heavy (non-hydrogen) atoms. The minimum Gasteiger partial charge on any atom is -0.372 e. The lowest BCUT2D eigenvalue weighted by Gasteiger charge is -2.48. The minimum absolute atomic E-state index is 0.0603. The molecule has 0 fully saturated rings. The van der Waals surface area contributed by atoms with E-state index < -0.39 is 0 Å². The number of allylic oxidation sites excluding steroid dienone is 11. The standard InChI is InChI=1S/C82H96N7/c1-15-19-42-87(43-20-16-2)72-38-34-66(35-39-72)74(64-30-26-62(27-31-64)48-79-78-46-58(5)68(49-70(55-83)85-13)51-76(78)60(7)53-81(79,9)10)24-23-25-75(67-36-40-73(41-37-67)88(44-21-17-3)45-22-18-4)65-32-28-63(29-33-65)57-89-80-47-59(6)69(50-71(56-84)86-14)52-77(80)61(8)54-82(89,11)12/h23-41,46-47,49-52,60-61,79H,15-22,42-45,48,53-54,57H2,1-12H3/q+1/b70-49-,71-50+. The number of aryl methyl sites for hydroxylation is 2. The van der Waals surface area contributed by atoms with Gasteiger partial charge in [-0.25, -0.2) is 24.8 Å². The zero-order valence-electron chi connectivity index (χ0n) is 55.6. The van der Waals surface area contributed by atoms with Crippen molar-refractivity contribution in [3.8, 4) is 12.1 Å². The molecule has 1 aliphatic heterocycles. The van der Waals surface area contributed by atoms with Crippen molar-refractivity contribution in [2.45, 2.75) is 184 Å². The van der Waals surface area contributed by atoms with E-state index in [0.717, 1.165) is 85.4 Å². The van der Waals surface area contributed by atoms with Crippen molar-refractivity contribution in [1.82, 2.24) is 0 Å². The molecule has 458 valence electrons. The van der Waals surface area contributed by atoms with Crippen LogP contribution >= 0.6 is 0 Å². The number of nitriles is 2. The maximum absolute atomic E-state index is 9.62. The van der Waals surface area contributed by atoms with Gasteiger partial charge in [0.15, 0.2) is 5.71 Å². The molecule has 3 atom stereocenters. The number of unbranched alkanes of at least 4 members (excludes halogenated alkanes) is 4. The molecule has 3 aliphatic rings. The molecule has 7 nitrogen and oxygen atoms in total. The number of hydrogen-bond donors (Lipinski definition) is 0. The van der Waals surface area contributed by atoms with E-state index in [9.17, 15) is 10.5 Å². The van der Waals surface area contributed by atoms with E-state index in [1.807, 2.05) is 0 Å². The van der Waals surface area contributed by atoms with Crippen molar-refractivity contribution in [3.05, 3.63) is 246 Å². The third-order valence-corrected chi connectivity index (χ3v) is 19.0. The molecule has 7 heteroatoms. The van der Waals surface area contributed by atoms with Crippen LogP contribution in [0.4, 0.5) is 11.4 Å².